The fraction of sp³-hybridized carbons (Fsp3) is 0.900. The fourth-order valence-corrected chi connectivity index (χ4v) is 3.98. The van der Waals surface area contributed by atoms with Crippen molar-refractivity contribution in [3.8, 4) is 0 Å². The Bertz CT molecular complexity index is 566. The third kappa shape index (κ3) is 5.50. The Hall–Kier alpha value is -1.50. The second-order valence-electron chi connectivity index (χ2n) is 9.89. The number of carbonyl (C=O) groups excluding carboxylic acids is 1. The van der Waals surface area contributed by atoms with Crippen LogP contribution in [-0.2, 0) is 9.47 Å². The van der Waals surface area contributed by atoms with Gasteiger partial charge in [-0.15, -0.1) is 0 Å². The topological polar surface area (TPSA) is 84.0 Å². The van der Waals surface area contributed by atoms with E-state index in [0.29, 0.717) is 24.6 Å². The summed E-state index contributed by atoms with van der Waals surface area (Å²) >= 11 is 0. The summed E-state index contributed by atoms with van der Waals surface area (Å²) in [6.07, 6.45) is 1.01. The summed E-state index contributed by atoms with van der Waals surface area (Å²) in [6, 6.07) is 0.338. The van der Waals surface area contributed by atoms with Crippen LogP contribution in [-0.4, -0.2) is 55.0 Å². The van der Waals surface area contributed by atoms with E-state index in [1.807, 2.05) is 34.6 Å². The Balaban J connectivity index is 1.97. The first-order valence-corrected chi connectivity index (χ1v) is 10.0. The number of nitrogens with one attached hydrogen (secondary N) is 3. The van der Waals surface area contributed by atoms with Gasteiger partial charge in [0.15, 0.2) is 5.96 Å². The number of rotatable bonds is 5. The van der Waals surface area contributed by atoms with E-state index in [-0.39, 0.29) is 5.41 Å². The van der Waals surface area contributed by atoms with Crippen LogP contribution in [0.5, 0.6) is 0 Å². The lowest BCUT2D eigenvalue weighted by Crippen LogP contribution is -2.68. The number of fused-ring (bicyclic) bond motifs is 1. The van der Waals surface area contributed by atoms with Crippen molar-refractivity contribution in [1.29, 1.82) is 0 Å². The Labute approximate surface area is 164 Å². The molecule has 2 rings (SSSR count). The number of guanidine groups is 1. The summed E-state index contributed by atoms with van der Waals surface area (Å²) in [7, 11) is 0. The maximum absolute atomic E-state index is 12.1. The Morgan fingerprint density at radius 3 is 2.52 bits per heavy atom. The average Bonchev–Trinajstić information content (AvgIpc) is 2.94. The van der Waals surface area contributed by atoms with Gasteiger partial charge in [0.25, 0.3) is 0 Å². The molecule has 2 fully saturated rings. The van der Waals surface area contributed by atoms with Gasteiger partial charge in [0.05, 0.1) is 18.2 Å². The van der Waals surface area contributed by atoms with Gasteiger partial charge in [0, 0.05) is 30.5 Å². The first-order chi connectivity index (χ1) is 12.4. The van der Waals surface area contributed by atoms with Crippen molar-refractivity contribution < 1.29 is 14.3 Å². The molecule has 0 aromatic rings. The van der Waals surface area contributed by atoms with E-state index in [1.54, 1.807) is 0 Å². The van der Waals surface area contributed by atoms with Gasteiger partial charge in [0.1, 0.15) is 5.60 Å². The first-order valence-electron chi connectivity index (χ1n) is 10.0. The predicted molar refractivity (Wildman–Crippen MR) is 108 cm³/mol. The van der Waals surface area contributed by atoms with Crippen LogP contribution < -0.4 is 16.0 Å². The van der Waals surface area contributed by atoms with Crippen molar-refractivity contribution in [2.24, 2.45) is 16.3 Å². The van der Waals surface area contributed by atoms with E-state index in [9.17, 15) is 4.79 Å². The third-order valence-electron chi connectivity index (χ3n) is 5.21. The second-order valence-corrected chi connectivity index (χ2v) is 9.89. The highest BCUT2D eigenvalue weighted by Crippen LogP contribution is 2.52. The number of aliphatic imine (C=N–C) groups is 1. The minimum atomic E-state index is -0.518. The molecule has 3 atom stereocenters. The highest BCUT2D eigenvalue weighted by atomic mass is 16.6. The molecule has 7 heteroatoms. The molecule has 3 unspecified atom stereocenters. The van der Waals surface area contributed by atoms with Gasteiger partial charge < -0.3 is 25.4 Å². The van der Waals surface area contributed by atoms with Crippen LogP contribution in [0.25, 0.3) is 0 Å². The van der Waals surface area contributed by atoms with Crippen LogP contribution in [0.4, 0.5) is 4.79 Å². The van der Waals surface area contributed by atoms with Gasteiger partial charge in [-0.25, -0.2) is 4.79 Å². The maximum Gasteiger partial charge on any atom is 0.408 e. The van der Waals surface area contributed by atoms with Crippen molar-refractivity contribution in [3.63, 3.8) is 0 Å². The quantitative estimate of drug-likeness (QED) is 0.503. The molecule has 2 aliphatic rings. The highest BCUT2D eigenvalue weighted by Gasteiger charge is 2.59. The van der Waals surface area contributed by atoms with Crippen molar-refractivity contribution in [1.82, 2.24) is 16.0 Å². The first kappa shape index (κ1) is 21.8. The monoisotopic (exact) mass is 382 g/mol. The van der Waals surface area contributed by atoms with E-state index < -0.39 is 17.2 Å². The summed E-state index contributed by atoms with van der Waals surface area (Å²) in [5.41, 5.74) is -0.948. The molecular formula is C20H38N4O3. The summed E-state index contributed by atoms with van der Waals surface area (Å²) < 4.78 is 11.2. The normalized spacial score (nSPS) is 27.4. The number of hydrogen-bond acceptors (Lipinski definition) is 4. The van der Waals surface area contributed by atoms with Crippen LogP contribution in [0.1, 0.15) is 61.8 Å². The van der Waals surface area contributed by atoms with Gasteiger partial charge in [-0.2, -0.15) is 0 Å². The van der Waals surface area contributed by atoms with Crippen LogP contribution in [0.2, 0.25) is 0 Å². The van der Waals surface area contributed by atoms with E-state index in [0.717, 1.165) is 25.5 Å². The molecule has 1 aliphatic heterocycles. The molecule has 3 N–H and O–H groups in total. The molecule has 1 aliphatic carbocycles. The third-order valence-corrected chi connectivity index (χ3v) is 5.21. The number of amides is 1. The molecule has 0 bridgehead atoms. The van der Waals surface area contributed by atoms with Gasteiger partial charge in [-0.05, 0) is 48.0 Å². The molecule has 156 valence electrons. The summed E-state index contributed by atoms with van der Waals surface area (Å²) in [5.74, 6) is 1.32. The largest absolute Gasteiger partial charge is 0.444 e. The zero-order valence-electron chi connectivity index (χ0n) is 18.2. The molecule has 27 heavy (non-hydrogen) atoms. The van der Waals surface area contributed by atoms with Crippen molar-refractivity contribution in [2.75, 3.05) is 19.7 Å². The van der Waals surface area contributed by atoms with E-state index in [2.05, 4.69) is 36.7 Å². The van der Waals surface area contributed by atoms with Crippen LogP contribution in [0.15, 0.2) is 4.99 Å². The van der Waals surface area contributed by atoms with Gasteiger partial charge >= 0.3 is 6.09 Å². The molecule has 1 amide bonds. The van der Waals surface area contributed by atoms with Crippen LogP contribution in [0.3, 0.4) is 0 Å². The lowest BCUT2D eigenvalue weighted by molar-refractivity contribution is -0.106. The zero-order valence-corrected chi connectivity index (χ0v) is 18.2. The zero-order chi connectivity index (χ0) is 20.5. The molecule has 0 aromatic heterocycles. The number of hydrogen-bond donors (Lipinski definition) is 3. The van der Waals surface area contributed by atoms with Crippen molar-refractivity contribution in [3.05, 3.63) is 0 Å². The van der Waals surface area contributed by atoms with Crippen molar-refractivity contribution in [2.45, 2.75) is 85.1 Å². The predicted octanol–water partition coefficient (Wildman–Crippen LogP) is 2.66. The van der Waals surface area contributed by atoms with Gasteiger partial charge in [-0.1, -0.05) is 13.8 Å². The maximum atomic E-state index is 12.1. The number of carbonyl (C=O) groups is 1. The lowest BCUT2D eigenvalue weighted by Gasteiger charge is -2.55. The smallest absolute Gasteiger partial charge is 0.408 e. The fourth-order valence-electron chi connectivity index (χ4n) is 3.98. The SMILES string of the molecule is CCNC(=NCC(C)(C)NC(=O)OC(C)(C)C)NC1C2CCOC2C1(C)C. The van der Waals surface area contributed by atoms with Gasteiger partial charge in [0.2, 0.25) is 0 Å². The van der Waals surface area contributed by atoms with Gasteiger partial charge in [-0.3, -0.25) is 4.99 Å². The molecule has 1 saturated heterocycles. The second kappa shape index (κ2) is 7.86. The molecule has 0 aromatic carbocycles. The van der Waals surface area contributed by atoms with Crippen LogP contribution in [0, 0.1) is 11.3 Å². The molecule has 0 spiro atoms. The highest BCUT2D eigenvalue weighted by molar-refractivity contribution is 5.80. The Morgan fingerprint density at radius 2 is 1.93 bits per heavy atom. The number of ether oxygens (including phenoxy) is 2. The summed E-state index contributed by atoms with van der Waals surface area (Å²) in [5, 5.41) is 9.81. The summed E-state index contributed by atoms with van der Waals surface area (Å²) in [6.45, 7) is 18.1. The Kier molecular flexibility index (Phi) is 6.34. The summed E-state index contributed by atoms with van der Waals surface area (Å²) in [4.78, 5) is 16.8. The Morgan fingerprint density at radius 1 is 1.26 bits per heavy atom. The minimum absolute atomic E-state index is 0.0850. The molecule has 0 radical (unpaired) electrons. The van der Waals surface area contributed by atoms with E-state index in [1.165, 1.54) is 0 Å². The van der Waals surface area contributed by atoms with E-state index in [4.69, 9.17) is 14.5 Å². The van der Waals surface area contributed by atoms with E-state index >= 15 is 0 Å². The lowest BCUT2D eigenvalue weighted by atomic mass is 9.57. The molecule has 1 heterocycles. The molecule has 1 saturated carbocycles. The number of alkyl carbamates (subject to hydrolysis) is 1. The molecular weight excluding hydrogens is 344 g/mol. The number of nitrogens with zero attached hydrogens (tertiary/aromatic N) is 1. The minimum Gasteiger partial charge on any atom is -0.444 e. The average molecular weight is 383 g/mol. The van der Waals surface area contributed by atoms with Crippen LogP contribution >= 0.6 is 0 Å². The standard InChI is InChI=1S/C20H38N4O3/c1-9-21-16(23-14-13-10-11-26-15(13)20(14,7)8)22-12-19(5,6)24-17(25)27-18(2,3)4/h13-15H,9-12H2,1-8H3,(H,24,25)(H2,21,22,23). The molecule has 7 nitrogen and oxygen atoms in total. The van der Waals surface area contributed by atoms with Crippen molar-refractivity contribution >= 4 is 12.1 Å².